The van der Waals surface area contributed by atoms with E-state index < -0.39 is 10.0 Å². The molecule has 1 aromatic carbocycles. The van der Waals surface area contributed by atoms with Crippen molar-refractivity contribution in [3.8, 4) is 0 Å². The van der Waals surface area contributed by atoms with Crippen molar-refractivity contribution in [1.82, 2.24) is 4.90 Å². The Kier molecular flexibility index (Phi) is 4.49. The predicted octanol–water partition coefficient (Wildman–Crippen LogP) is 2.08. The van der Waals surface area contributed by atoms with Gasteiger partial charge in [-0.1, -0.05) is 0 Å². The quantitative estimate of drug-likeness (QED) is 0.896. The van der Waals surface area contributed by atoms with Crippen molar-refractivity contribution in [3.63, 3.8) is 0 Å². The molecule has 0 radical (unpaired) electrons. The van der Waals surface area contributed by atoms with E-state index in [9.17, 15) is 13.2 Å². The van der Waals surface area contributed by atoms with E-state index in [0.29, 0.717) is 11.4 Å². The standard InChI is InChI=1S/C13H19N3O3S/c1-20(18,19)15-12-7-5-11(6-8-12)14-13(17)16-9-3-2-4-10-16/h5-8,15H,2-4,9-10H2,1H3,(H,14,17). The molecule has 1 saturated heterocycles. The van der Waals surface area contributed by atoms with Gasteiger partial charge in [-0.3, -0.25) is 4.72 Å². The molecule has 0 aromatic heterocycles. The van der Waals surface area contributed by atoms with E-state index in [0.717, 1.165) is 32.2 Å². The second-order valence-corrected chi connectivity index (χ2v) is 6.68. The van der Waals surface area contributed by atoms with Crippen LogP contribution in [-0.4, -0.2) is 38.7 Å². The lowest BCUT2D eigenvalue weighted by Gasteiger charge is -2.26. The maximum atomic E-state index is 12.0. The molecule has 7 heteroatoms. The lowest BCUT2D eigenvalue weighted by atomic mass is 10.1. The second-order valence-electron chi connectivity index (χ2n) is 4.93. The average molecular weight is 297 g/mol. The Labute approximate surface area is 119 Å². The number of benzene rings is 1. The Morgan fingerprint density at radius 1 is 1.05 bits per heavy atom. The van der Waals surface area contributed by atoms with Crippen LogP contribution in [-0.2, 0) is 10.0 Å². The Morgan fingerprint density at radius 2 is 1.60 bits per heavy atom. The van der Waals surface area contributed by atoms with Crippen LogP contribution in [0.4, 0.5) is 16.2 Å². The van der Waals surface area contributed by atoms with Crippen LogP contribution in [0.25, 0.3) is 0 Å². The summed E-state index contributed by atoms with van der Waals surface area (Å²) in [5.74, 6) is 0. The highest BCUT2D eigenvalue weighted by Gasteiger charge is 2.16. The fraction of sp³-hybridized carbons (Fsp3) is 0.462. The molecule has 2 amide bonds. The molecule has 0 atom stereocenters. The number of piperidine rings is 1. The van der Waals surface area contributed by atoms with Gasteiger partial charge in [-0.05, 0) is 43.5 Å². The van der Waals surface area contributed by atoms with Gasteiger partial charge in [-0.25, -0.2) is 13.2 Å². The number of rotatable bonds is 3. The summed E-state index contributed by atoms with van der Waals surface area (Å²) in [5.41, 5.74) is 1.13. The molecular weight excluding hydrogens is 278 g/mol. The highest BCUT2D eigenvalue weighted by molar-refractivity contribution is 7.92. The van der Waals surface area contributed by atoms with Gasteiger partial charge in [0.25, 0.3) is 0 Å². The molecule has 0 aliphatic carbocycles. The van der Waals surface area contributed by atoms with Gasteiger partial charge in [-0.15, -0.1) is 0 Å². The monoisotopic (exact) mass is 297 g/mol. The van der Waals surface area contributed by atoms with Crippen molar-refractivity contribution < 1.29 is 13.2 Å². The number of nitrogens with one attached hydrogen (secondary N) is 2. The minimum atomic E-state index is -3.28. The summed E-state index contributed by atoms with van der Waals surface area (Å²) in [4.78, 5) is 13.8. The van der Waals surface area contributed by atoms with E-state index in [-0.39, 0.29) is 6.03 Å². The van der Waals surface area contributed by atoms with Crippen molar-refractivity contribution in [2.24, 2.45) is 0 Å². The summed E-state index contributed by atoms with van der Waals surface area (Å²) < 4.78 is 24.5. The Bertz CT molecular complexity index is 563. The zero-order valence-corrected chi connectivity index (χ0v) is 12.2. The molecule has 0 unspecified atom stereocenters. The topological polar surface area (TPSA) is 78.5 Å². The fourth-order valence-corrected chi connectivity index (χ4v) is 2.70. The fourth-order valence-electron chi connectivity index (χ4n) is 2.14. The number of nitrogens with zero attached hydrogens (tertiary/aromatic N) is 1. The summed E-state index contributed by atoms with van der Waals surface area (Å²) >= 11 is 0. The minimum Gasteiger partial charge on any atom is -0.325 e. The average Bonchev–Trinajstić information content (AvgIpc) is 2.40. The van der Waals surface area contributed by atoms with Crippen LogP contribution >= 0.6 is 0 Å². The SMILES string of the molecule is CS(=O)(=O)Nc1ccc(NC(=O)N2CCCCC2)cc1. The molecular formula is C13H19N3O3S. The lowest BCUT2D eigenvalue weighted by Crippen LogP contribution is -2.38. The summed E-state index contributed by atoms with van der Waals surface area (Å²) in [7, 11) is -3.28. The summed E-state index contributed by atoms with van der Waals surface area (Å²) in [5, 5.41) is 2.81. The van der Waals surface area contributed by atoms with Crippen molar-refractivity contribution in [2.45, 2.75) is 19.3 Å². The first-order valence-electron chi connectivity index (χ1n) is 6.58. The largest absolute Gasteiger partial charge is 0.325 e. The van der Waals surface area contributed by atoms with Gasteiger partial charge in [0, 0.05) is 24.5 Å². The predicted molar refractivity (Wildman–Crippen MR) is 79.4 cm³/mol. The van der Waals surface area contributed by atoms with Crippen LogP contribution in [0, 0.1) is 0 Å². The van der Waals surface area contributed by atoms with Gasteiger partial charge in [0.15, 0.2) is 0 Å². The lowest BCUT2D eigenvalue weighted by molar-refractivity contribution is 0.200. The first kappa shape index (κ1) is 14.6. The Hall–Kier alpha value is -1.76. The van der Waals surface area contributed by atoms with Crippen LogP contribution in [0.2, 0.25) is 0 Å². The smallest absolute Gasteiger partial charge is 0.321 e. The molecule has 1 aliphatic heterocycles. The van der Waals surface area contributed by atoms with Crippen molar-refractivity contribution in [1.29, 1.82) is 0 Å². The Balaban J connectivity index is 1.94. The molecule has 6 nitrogen and oxygen atoms in total. The number of hydrogen-bond acceptors (Lipinski definition) is 3. The van der Waals surface area contributed by atoms with Crippen LogP contribution in [0.5, 0.6) is 0 Å². The van der Waals surface area contributed by atoms with Gasteiger partial charge < -0.3 is 10.2 Å². The highest BCUT2D eigenvalue weighted by Crippen LogP contribution is 2.16. The maximum Gasteiger partial charge on any atom is 0.321 e. The van der Waals surface area contributed by atoms with Crippen LogP contribution in [0.1, 0.15) is 19.3 Å². The molecule has 2 N–H and O–H groups in total. The van der Waals surface area contributed by atoms with Crippen molar-refractivity contribution >= 4 is 27.4 Å². The van der Waals surface area contributed by atoms with E-state index >= 15 is 0 Å². The summed E-state index contributed by atoms with van der Waals surface area (Å²) in [6.45, 7) is 1.58. The third-order valence-corrected chi connectivity index (χ3v) is 3.69. The van der Waals surface area contributed by atoms with E-state index in [4.69, 9.17) is 0 Å². The summed E-state index contributed by atoms with van der Waals surface area (Å²) in [6, 6.07) is 6.48. The minimum absolute atomic E-state index is 0.103. The molecule has 110 valence electrons. The first-order valence-corrected chi connectivity index (χ1v) is 8.47. The highest BCUT2D eigenvalue weighted by atomic mass is 32.2. The number of hydrogen-bond donors (Lipinski definition) is 2. The number of carbonyl (C=O) groups excluding carboxylic acids is 1. The number of amides is 2. The molecule has 0 saturated carbocycles. The molecule has 1 heterocycles. The molecule has 0 bridgehead atoms. The number of anilines is 2. The van der Waals surface area contributed by atoms with Crippen molar-refractivity contribution in [3.05, 3.63) is 24.3 Å². The van der Waals surface area contributed by atoms with Crippen molar-refractivity contribution in [2.75, 3.05) is 29.4 Å². The maximum absolute atomic E-state index is 12.0. The number of likely N-dealkylation sites (tertiary alicyclic amines) is 1. The number of urea groups is 1. The zero-order chi connectivity index (χ0) is 14.6. The van der Waals surface area contributed by atoms with E-state index in [1.165, 1.54) is 6.42 Å². The molecule has 20 heavy (non-hydrogen) atoms. The third kappa shape index (κ3) is 4.41. The van der Waals surface area contributed by atoms with Gasteiger partial charge in [0.05, 0.1) is 6.26 Å². The van der Waals surface area contributed by atoms with E-state index in [1.807, 2.05) is 0 Å². The van der Waals surface area contributed by atoms with Crippen LogP contribution < -0.4 is 10.0 Å². The number of sulfonamides is 1. The van der Waals surface area contributed by atoms with E-state index in [1.54, 1.807) is 29.2 Å². The second kappa shape index (κ2) is 6.13. The normalized spacial score (nSPS) is 15.8. The molecule has 1 aromatic rings. The summed E-state index contributed by atoms with van der Waals surface area (Å²) in [6.07, 6.45) is 4.37. The zero-order valence-electron chi connectivity index (χ0n) is 11.4. The third-order valence-electron chi connectivity index (χ3n) is 3.08. The molecule has 0 spiro atoms. The van der Waals surface area contributed by atoms with Crippen LogP contribution in [0.15, 0.2) is 24.3 Å². The van der Waals surface area contributed by atoms with Gasteiger partial charge in [0.2, 0.25) is 10.0 Å². The van der Waals surface area contributed by atoms with E-state index in [2.05, 4.69) is 10.0 Å². The molecule has 1 fully saturated rings. The first-order chi connectivity index (χ1) is 9.44. The molecule has 2 rings (SSSR count). The number of carbonyl (C=O) groups is 1. The Morgan fingerprint density at radius 3 is 2.15 bits per heavy atom. The van der Waals surface area contributed by atoms with Gasteiger partial charge in [0.1, 0.15) is 0 Å². The van der Waals surface area contributed by atoms with Gasteiger partial charge >= 0.3 is 6.03 Å². The van der Waals surface area contributed by atoms with Crippen LogP contribution in [0.3, 0.4) is 0 Å². The molecule has 1 aliphatic rings. The van der Waals surface area contributed by atoms with Gasteiger partial charge in [-0.2, -0.15) is 0 Å².